The van der Waals surface area contributed by atoms with Crippen LogP contribution < -0.4 is 10.1 Å². The molecule has 0 aliphatic heterocycles. The molecule has 1 N–H and O–H groups in total. The summed E-state index contributed by atoms with van der Waals surface area (Å²) in [6.07, 6.45) is 2.11. The van der Waals surface area contributed by atoms with Gasteiger partial charge in [0.05, 0.1) is 12.4 Å². The SMILES string of the molecule is CCOc1ccc(NC(=O)CSc2nnc(-c3cn(CC)c4ccccc34)n2C)cc1. The number of hydrogen-bond donors (Lipinski definition) is 1. The second-order valence-corrected chi connectivity index (χ2v) is 7.95. The van der Waals surface area contributed by atoms with E-state index in [0.717, 1.165) is 34.8 Å². The van der Waals surface area contributed by atoms with Crippen LogP contribution in [0.3, 0.4) is 0 Å². The van der Waals surface area contributed by atoms with Crippen molar-refractivity contribution >= 4 is 34.3 Å². The summed E-state index contributed by atoms with van der Waals surface area (Å²) in [5, 5.41) is 13.5. The Balaban J connectivity index is 1.45. The first-order valence-electron chi connectivity index (χ1n) is 10.2. The Bertz CT molecular complexity index is 1200. The highest BCUT2D eigenvalue weighted by Crippen LogP contribution is 2.31. The van der Waals surface area contributed by atoms with Gasteiger partial charge >= 0.3 is 0 Å². The van der Waals surface area contributed by atoms with Gasteiger partial charge in [-0.25, -0.2) is 0 Å². The van der Waals surface area contributed by atoms with Crippen molar-refractivity contribution in [1.29, 1.82) is 0 Å². The molecule has 0 radical (unpaired) electrons. The van der Waals surface area contributed by atoms with E-state index < -0.39 is 0 Å². The van der Waals surface area contributed by atoms with Crippen LogP contribution in [0.1, 0.15) is 13.8 Å². The molecule has 0 fully saturated rings. The van der Waals surface area contributed by atoms with E-state index in [4.69, 9.17) is 4.74 Å². The molecule has 0 unspecified atom stereocenters. The average Bonchev–Trinajstić information content (AvgIpc) is 3.34. The summed E-state index contributed by atoms with van der Waals surface area (Å²) in [5.74, 6) is 1.72. The lowest BCUT2D eigenvalue weighted by atomic mass is 10.1. The Labute approximate surface area is 185 Å². The molecule has 4 rings (SSSR count). The van der Waals surface area contributed by atoms with E-state index in [1.807, 2.05) is 54.9 Å². The summed E-state index contributed by atoms with van der Waals surface area (Å²) < 4.78 is 9.57. The van der Waals surface area contributed by atoms with Gasteiger partial charge in [-0.1, -0.05) is 30.0 Å². The van der Waals surface area contributed by atoms with Crippen molar-refractivity contribution in [3.8, 4) is 17.1 Å². The van der Waals surface area contributed by atoms with Gasteiger partial charge in [0.1, 0.15) is 5.75 Å². The van der Waals surface area contributed by atoms with Crippen LogP contribution in [0.25, 0.3) is 22.3 Å². The summed E-state index contributed by atoms with van der Waals surface area (Å²) in [4.78, 5) is 12.4. The molecule has 4 aromatic rings. The highest BCUT2D eigenvalue weighted by molar-refractivity contribution is 7.99. The molecule has 0 saturated carbocycles. The van der Waals surface area contributed by atoms with Crippen LogP contribution in [0, 0.1) is 0 Å². The van der Waals surface area contributed by atoms with E-state index in [9.17, 15) is 4.79 Å². The van der Waals surface area contributed by atoms with Gasteiger partial charge in [-0.05, 0) is 44.2 Å². The first-order valence-corrected chi connectivity index (χ1v) is 11.2. The molecule has 0 aliphatic carbocycles. The molecule has 2 aromatic carbocycles. The van der Waals surface area contributed by atoms with Crippen LogP contribution in [0.15, 0.2) is 59.9 Å². The Hall–Kier alpha value is -3.26. The summed E-state index contributed by atoms with van der Waals surface area (Å²) in [6, 6.07) is 15.6. The fraction of sp³-hybridized carbons (Fsp3) is 0.261. The molecule has 2 aromatic heterocycles. The third-order valence-corrected chi connectivity index (χ3v) is 6.01. The second kappa shape index (κ2) is 9.26. The van der Waals surface area contributed by atoms with Crippen LogP contribution in [0.4, 0.5) is 5.69 Å². The monoisotopic (exact) mass is 435 g/mol. The zero-order chi connectivity index (χ0) is 21.8. The van der Waals surface area contributed by atoms with Gasteiger partial charge in [0, 0.05) is 41.9 Å². The first kappa shape index (κ1) is 21.0. The Morgan fingerprint density at radius 2 is 1.87 bits per heavy atom. The average molecular weight is 436 g/mol. The number of aromatic nitrogens is 4. The van der Waals surface area contributed by atoms with Crippen molar-refractivity contribution < 1.29 is 9.53 Å². The number of aryl methyl sites for hydroxylation is 1. The van der Waals surface area contributed by atoms with Crippen molar-refractivity contribution in [3.05, 3.63) is 54.7 Å². The van der Waals surface area contributed by atoms with E-state index in [2.05, 4.69) is 45.3 Å². The lowest BCUT2D eigenvalue weighted by Crippen LogP contribution is -2.14. The third-order valence-electron chi connectivity index (χ3n) is 4.99. The number of para-hydroxylation sites is 1. The summed E-state index contributed by atoms with van der Waals surface area (Å²) in [7, 11) is 1.93. The zero-order valence-corrected chi connectivity index (χ0v) is 18.6. The molecule has 0 bridgehead atoms. The van der Waals surface area contributed by atoms with Crippen LogP contribution in [0.5, 0.6) is 5.75 Å². The van der Waals surface area contributed by atoms with Crippen molar-refractivity contribution in [3.63, 3.8) is 0 Å². The van der Waals surface area contributed by atoms with E-state index in [0.29, 0.717) is 11.8 Å². The number of nitrogens with one attached hydrogen (secondary N) is 1. The number of amides is 1. The molecular formula is C23H25N5O2S. The summed E-state index contributed by atoms with van der Waals surface area (Å²) in [5.41, 5.74) is 2.95. The van der Waals surface area contributed by atoms with Gasteiger partial charge in [0.25, 0.3) is 0 Å². The topological polar surface area (TPSA) is 74.0 Å². The number of carbonyl (C=O) groups is 1. The summed E-state index contributed by atoms with van der Waals surface area (Å²) >= 11 is 1.36. The van der Waals surface area contributed by atoms with Crippen LogP contribution >= 0.6 is 11.8 Å². The van der Waals surface area contributed by atoms with Gasteiger partial charge in [-0.2, -0.15) is 0 Å². The minimum absolute atomic E-state index is 0.0960. The Morgan fingerprint density at radius 1 is 1.10 bits per heavy atom. The molecule has 7 nitrogen and oxygen atoms in total. The molecule has 0 aliphatic rings. The number of hydrogen-bond acceptors (Lipinski definition) is 5. The third kappa shape index (κ3) is 4.44. The second-order valence-electron chi connectivity index (χ2n) is 7.01. The van der Waals surface area contributed by atoms with Crippen molar-refractivity contribution in [2.24, 2.45) is 7.05 Å². The van der Waals surface area contributed by atoms with Crippen LogP contribution in [0.2, 0.25) is 0 Å². The van der Waals surface area contributed by atoms with E-state index >= 15 is 0 Å². The Kier molecular flexibility index (Phi) is 6.27. The zero-order valence-electron chi connectivity index (χ0n) is 17.8. The van der Waals surface area contributed by atoms with E-state index in [1.165, 1.54) is 17.3 Å². The molecular weight excluding hydrogens is 410 g/mol. The number of anilines is 1. The van der Waals surface area contributed by atoms with Crippen molar-refractivity contribution in [2.75, 3.05) is 17.7 Å². The highest BCUT2D eigenvalue weighted by Gasteiger charge is 2.17. The maximum atomic E-state index is 12.4. The molecule has 8 heteroatoms. The molecule has 31 heavy (non-hydrogen) atoms. The standard InChI is InChI=1S/C23H25N5O2S/c1-4-28-14-19(18-8-6-7-9-20(18)28)22-25-26-23(27(22)3)31-15-21(29)24-16-10-12-17(13-11-16)30-5-2/h6-14H,4-5,15H2,1-3H3,(H,24,29). The minimum Gasteiger partial charge on any atom is -0.494 e. The van der Waals surface area contributed by atoms with Gasteiger partial charge in [-0.15, -0.1) is 10.2 Å². The number of carbonyl (C=O) groups excluding carboxylic acids is 1. The number of ether oxygens (including phenoxy) is 1. The normalized spacial score (nSPS) is 11.1. The highest BCUT2D eigenvalue weighted by atomic mass is 32.2. The maximum Gasteiger partial charge on any atom is 0.234 e. The molecule has 2 heterocycles. The molecule has 0 spiro atoms. The van der Waals surface area contributed by atoms with Gasteiger partial charge in [0.2, 0.25) is 5.91 Å². The smallest absolute Gasteiger partial charge is 0.234 e. The van der Waals surface area contributed by atoms with Crippen molar-refractivity contribution in [1.82, 2.24) is 19.3 Å². The van der Waals surface area contributed by atoms with Gasteiger partial charge in [-0.3, -0.25) is 4.79 Å². The predicted octanol–water partition coefficient (Wildman–Crippen LogP) is 4.59. The van der Waals surface area contributed by atoms with Crippen molar-refractivity contribution in [2.45, 2.75) is 25.5 Å². The van der Waals surface area contributed by atoms with Crippen LogP contribution in [-0.4, -0.2) is 37.6 Å². The maximum absolute atomic E-state index is 12.4. The van der Waals surface area contributed by atoms with Crippen LogP contribution in [-0.2, 0) is 18.4 Å². The van der Waals surface area contributed by atoms with Gasteiger partial charge < -0.3 is 19.2 Å². The lowest BCUT2D eigenvalue weighted by molar-refractivity contribution is -0.113. The number of nitrogens with zero attached hydrogens (tertiary/aromatic N) is 4. The largest absolute Gasteiger partial charge is 0.494 e. The quantitative estimate of drug-likeness (QED) is 0.410. The first-order chi connectivity index (χ1) is 15.1. The fourth-order valence-electron chi connectivity index (χ4n) is 3.49. The predicted molar refractivity (Wildman–Crippen MR) is 125 cm³/mol. The van der Waals surface area contributed by atoms with E-state index in [-0.39, 0.29) is 11.7 Å². The molecule has 160 valence electrons. The van der Waals surface area contributed by atoms with Gasteiger partial charge in [0.15, 0.2) is 11.0 Å². The minimum atomic E-state index is -0.0960. The molecule has 1 amide bonds. The molecule has 0 saturated heterocycles. The fourth-order valence-corrected chi connectivity index (χ4v) is 4.20. The molecule has 0 atom stereocenters. The Morgan fingerprint density at radius 3 is 2.61 bits per heavy atom. The number of fused-ring (bicyclic) bond motifs is 1. The number of rotatable bonds is 8. The number of thioether (sulfide) groups is 1. The number of benzene rings is 2. The lowest BCUT2D eigenvalue weighted by Gasteiger charge is -2.07. The summed E-state index contributed by atoms with van der Waals surface area (Å²) in [6.45, 7) is 5.55. The van der Waals surface area contributed by atoms with E-state index in [1.54, 1.807) is 0 Å².